The number of esters is 1. The summed E-state index contributed by atoms with van der Waals surface area (Å²) >= 11 is 0. The van der Waals surface area contributed by atoms with Gasteiger partial charge in [-0.15, -0.1) is 0 Å². The molecule has 1 heterocycles. The van der Waals surface area contributed by atoms with Crippen molar-refractivity contribution in [2.24, 2.45) is 0 Å². The molecule has 6 heteroatoms. The van der Waals surface area contributed by atoms with E-state index in [9.17, 15) is 9.59 Å². The van der Waals surface area contributed by atoms with Crippen molar-refractivity contribution < 1.29 is 23.4 Å². The highest BCUT2D eigenvalue weighted by molar-refractivity contribution is 5.87. The Morgan fingerprint density at radius 2 is 1.86 bits per heavy atom. The Labute approximate surface area is 164 Å². The third-order valence-corrected chi connectivity index (χ3v) is 4.01. The lowest BCUT2D eigenvalue weighted by molar-refractivity contribution is -0.132. The van der Waals surface area contributed by atoms with Crippen LogP contribution in [-0.2, 0) is 4.79 Å². The summed E-state index contributed by atoms with van der Waals surface area (Å²) in [6.45, 7) is 7.87. The number of fused-ring (bicyclic) bond motifs is 1. The van der Waals surface area contributed by atoms with Crippen molar-refractivity contribution >= 4 is 16.9 Å². The lowest BCUT2D eigenvalue weighted by Crippen LogP contribution is -2.12. The Balaban J connectivity index is 2.17. The predicted molar refractivity (Wildman–Crippen MR) is 108 cm³/mol. The van der Waals surface area contributed by atoms with Gasteiger partial charge in [-0.2, -0.15) is 0 Å². The van der Waals surface area contributed by atoms with E-state index in [1.54, 1.807) is 18.2 Å². The molecule has 0 aliphatic heterocycles. The van der Waals surface area contributed by atoms with Gasteiger partial charge in [-0.25, -0.2) is 4.79 Å². The molecule has 0 unspecified atom stereocenters. The minimum Gasteiger partial charge on any atom is -0.492 e. The molecule has 0 saturated heterocycles. The highest BCUT2D eigenvalue weighted by atomic mass is 16.6. The standard InChI is InChI=1S/C22H26O6/c1-14(2)7-6-8-15(3)11-12-26-17-9-10-18-19(13-17)28-22(24)21(20(18)25-5)27-16(4)23/h7,9-11,13H,6,8,12H2,1-5H3. The number of benzene rings is 1. The number of rotatable bonds is 8. The largest absolute Gasteiger partial charge is 0.492 e. The molecule has 6 nitrogen and oxygen atoms in total. The molecular formula is C22H26O6. The minimum absolute atomic E-state index is 0.156. The highest BCUT2D eigenvalue weighted by Gasteiger charge is 2.19. The summed E-state index contributed by atoms with van der Waals surface area (Å²) in [5, 5.41) is 0.513. The number of allylic oxidation sites excluding steroid dienone is 3. The van der Waals surface area contributed by atoms with Gasteiger partial charge in [0.25, 0.3) is 5.75 Å². The van der Waals surface area contributed by atoms with Crippen LogP contribution in [0.2, 0.25) is 0 Å². The predicted octanol–water partition coefficient (Wildman–Crippen LogP) is 4.80. The number of hydrogen-bond donors (Lipinski definition) is 0. The van der Waals surface area contributed by atoms with Gasteiger partial charge in [0.15, 0.2) is 5.75 Å². The maximum atomic E-state index is 12.1. The van der Waals surface area contributed by atoms with Gasteiger partial charge in [-0.3, -0.25) is 4.79 Å². The minimum atomic E-state index is -0.785. The molecule has 150 valence electrons. The van der Waals surface area contributed by atoms with Crippen LogP contribution in [0.1, 0.15) is 40.5 Å². The molecule has 0 fully saturated rings. The summed E-state index contributed by atoms with van der Waals surface area (Å²) in [4.78, 5) is 23.3. The zero-order valence-electron chi connectivity index (χ0n) is 17.0. The molecule has 0 aliphatic carbocycles. The van der Waals surface area contributed by atoms with Crippen LogP contribution in [0.5, 0.6) is 17.2 Å². The second-order valence-corrected chi connectivity index (χ2v) is 6.69. The van der Waals surface area contributed by atoms with Crippen LogP contribution in [0.15, 0.2) is 50.7 Å². The van der Waals surface area contributed by atoms with Crippen LogP contribution < -0.4 is 19.8 Å². The van der Waals surface area contributed by atoms with Gasteiger partial charge in [0.2, 0.25) is 0 Å². The molecule has 0 aliphatic rings. The highest BCUT2D eigenvalue weighted by Crippen LogP contribution is 2.34. The van der Waals surface area contributed by atoms with Gasteiger partial charge < -0.3 is 18.6 Å². The first kappa shape index (κ1) is 21.3. The Bertz CT molecular complexity index is 961. The van der Waals surface area contributed by atoms with Gasteiger partial charge >= 0.3 is 11.6 Å². The average molecular weight is 386 g/mol. The van der Waals surface area contributed by atoms with Gasteiger partial charge in [-0.05, 0) is 51.8 Å². The third-order valence-electron chi connectivity index (χ3n) is 4.01. The lowest BCUT2D eigenvalue weighted by Gasteiger charge is -2.10. The van der Waals surface area contributed by atoms with E-state index in [0.29, 0.717) is 23.3 Å². The number of ether oxygens (including phenoxy) is 3. The SMILES string of the molecule is COc1c(OC(C)=O)c(=O)oc2cc(OCC=C(C)CCC=C(C)C)ccc12. The zero-order valence-corrected chi connectivity index (χ0v) is 17.0. The molecular weight excluding hydrogens is 360 g/mol. The first-order chi connectivity index (χ1) is 13.3. The van der Waals surface area contributed by atoms with Crippen molar-refractivity contribution in [1.82, 2.24) is 0 Å². The number of carbonyl (C=O) groups excluding carboxylic acids is 1. The summed E-state index contributed by atoms with van der Waals surface area (Å²) in [5.41, 5.74) is 2.07. The van der Waals surface area contributed by atoms with Crippen LogP contribution in [-0.4, -0.2) is 19.7 Å². The van der Waals surface area contributed by atoms with E-state index in [1.165, 1.54) is 25.2 Å². The second-order valence-electron chi connectivity index (χ2n) is 6.69. The van der Waals surface area contributed by atoms with Crippen LogP contribution >= 0.6 is 0 Å². The molecule has 0 radical (unpaired) electrons. The van der Waals surface area contributed by atoms with E-state index < -0.39 is 11.6 Å². The summed E-state index contributed by atoms with van der Waals surface area (Å²) in [7, 11) is 1.40. The van der Waals surface area contributed by atoms with E-state index in [0.717, 1.165) is 12.8 Å². The molecule has 2 aromatic rings. The Kier molecular flexibility index (Phi) is 7.44. The number of carbonyl (C=O) groups is 1. The Hall–Kier alpha value is -3.02. The van der Waals surface area contributed by atoms with Crippen molar-refractivity contribution in [3.63, 3.8) is 0 Å². The van der Waals surface area contributed by atoms with Crippen molar-refractivity contribution in [2.75, 3.05) is 13.7 Å². The summed E-state index contributed by atoms with van der Waals surface area (Å²) in [5.74, 6) is -0.169. The fourth-order valence-electron chi connectivity index (χ4n) is 2.63. The lowest BCUT2D eigenvalue weighted by atomic mass is 10.1. The third kappa shape index (κ3) is 5.74. The van der Waals surface area contributed by atoms with Gasteiger partial charge in [0.05, 0.1) is 12.5 Å². The molecule has 1 aromatic heterocycles. The summed E-state index contributed by atoms with van der Waals surface area (Å²) in [6, 6.07) is 5.06. The second kappa shape index (κ2) is 9.78. The van der Waals surface area contributed by atoms with E-state index in [2.05, 4.69) is 26.8 Å². The van der Waals surface area contributed by atoms with Gasteiger partial charge in [0.1, 0.15) is 17.9 Å². The van der Waals surface area contributed by atoms with E-state index in [1.807, 2.05) is 6.08 Å². The van der Waals surface area contributed by atoms with Crippen LogP contribution in [0.25, 0.3) is 11.0 Å². The fraction of sp³-hybridized carbons (Fsp3) is 0.364. The topological polar surface area (TPSA) is 75.0 Å². The number of hydrogen-bond acceptors (Lipinski definition) is 6. The first-order valence-corrected chi connectivity index (χ1v) is 9.07. The fourth-order valence-corrected chi connectivity index (χ4v) is 2.63. The summed E-state index contributed by atoms with van der Waals surface area (Å²) in [6.07, 6.45) is 6.23. The van der Waals surface area contributed by atoms with Crippen LogP contribution in [0.4, 0.5) is 0 Å². The molecule has 1 aromatic carbocycles. The van der Waals surface area contributed by atoms with E-state index in [4.69, 9.17) is 18.6 Å². The van der Waals surface area contributed by atoms with E-state index in [-0.39, 0.29) is 11.5 Å². The normalized spacial score (nSPS) is 11.2. The molecule has 0 amide bonds. The molecule has 28 heavy (non-hydrogen) atoms. The molecule has 0 bridgehead atoms. The van der Waals surface area contributed by atoms with Crippen molar-refractivity contribution in [1.29, 1.82) is 0 Å². The maximum Gasteiger partial charge on any atom is 0.383 e. The van der Waals surface area contributed by atoms with Crippen molar-refractivity contribution in [3.8, 4) is 17.2 Å². The molecule has 0 atom stereocenters. The average Bonchev–Trinajstić information content (AvgIpc) is 2.61. The smallest absolute Gasteiger partial charge is 0.383 e. The van der Waals surface area contributed by atoms with Gasteiger partial charge in [0, 0.05) is 13.0 Å². The maximum absolute atomic E-state index is 12.1. The summed E-state index contributed by atoms with van der Waals surface area (Å²) < 4.78 is 21.2. The molecule has 2 rings (SSSR count). The molecule has 0 spiro atoms. The monoisotopic (exact) mass is 386 g/mol. The molecule has 0 N–H and O–H groups in total. The van der Waals surface area contributed by atoms with Gasteiger partial charge in [-0.1, -0.05) is 17.2 Å². The van der Waals surface area contributed by atoms with Crippen molar-refractivity contribution in [2.45, 2.75) is 40.5 Å². The van der Waals surface area contributed by atoms with Crippen LogP contribution in [0, 0.1) is 0 Å². The van der Waals surface area contributed by atoms with Crippen LogP contribution in [0.3, 0.4) is 0 Å². The quantitative estimate of drug-likeness (QED) is 0.369. The zero-order chi connectivity index (χ0) is 20.7. The first-order valence-electron chi connectivity index (χ1n) is 9.07. The Morgan fingerprint density at radius 1 is 1.11 bits per heavy atom. The van der Waals surface area contributed by atoms with E-state index >= 15 is 0 Å². The Morgan fingerprint density at radius 3 is 2.50 bits per heavy atom. The number of methoxy groups -OCH3 is 1. The van der Waals surface area contributed by atoms with Crippen molar-refractivity contribution in [3.05, 3.63) is 51.9 Å². The molecule has 0 saturated carbocycles.